The Balaban J connectivity index is 1.69. The minimum Gasteiger partial charge on any atom is -0.494 e. The first-order valence-corrected chi connectivity index (χ1v) is 8.57. The molecule has 0 radical (unpaired) electrons. The molecule has 0 bridgehead atoms. The maximum absolute atomic E-state index is 5.77. The van der Waals surface area contributed by atoms with Crippen LogP contribution in [0.25, 0.3) is 0 Å². The van der Waals surface area contributed by atoms with Crippen LogP contribution in [0.5, 0.6) is 5.75 Å². The second-order valence-electron chi connectivity index (χ2n) is 6.95. The van der Waals surface area contributed by atoms with Crippen LogP contribution in [0.3, 0.4) is 0 Å². The van der Waals surface area contributed by atoms with E-state index < -0.39 is 0 Å². The molecule has 1 saturated heterocycles. The molecule has 0 unspecified atom stereocenters. The average Bonchev–Trinajstić information content (AvgIpc) is 2.48. The molecular formula is C19H31NO. The summed E-state index contributed by atoms with van der Waals surface area (Å²) >= 11 is 0. The van der Waals surface area contributed by atoms with E-state index in [1.165, 1.54) is 38.0 Å². The highest BCUT2D eigenvalue weighted by Gasteiger charge is 2.14. The van der Waals surface area contributed by atoms with Crippen LogP contribution in [0, 0.1) is 11.8 Å². The highest BCUT2D eigenvalue weighted by Crippen LogP contribution is 2.17. The maximum Gasteiger partial charge on any atom is 0.119 e. The maximum atomic E-state index is 5.77. The van der Waals surface area contributed by atoms with E-state index in [1.54, 1.807) is 0 Å². The van der Waals surface area contributed by atoms with Crippen LogP contribution in [-0.4, -0.2) is 31.1 Å². The summed E-state index contributed by atoms with van der Waals surface area (Å²) in [5.74, 6) is 2.63. The van der Waals surface area contributed by atoms with Crippen LogP contribution >= 0.6 is 0 Å². The molecule has 1 fully saturated rings. The molecule has 1 aliphatic heterocycles. The monoisotopic (exact) mass is 289 g/mol. The highest BCUT2D eigenvalue weighted by molar-refractivity contribution is 5.27. The Morgan fingerprint density at radius 2 is 1.81 bits per heavy atom. The predicted molar refractivity (Wildman–Crippen MR) is 89.9 cm³/mol. The van der Waals surface area contributed by atoms with Crippen LogP contribution < -0.4 is 4.74 Å². The van der Waals surface area contributed by atoms with Crippen molar-refractivity contribution in [3.05, 3.63) is 29.8 Å². The van der Waals surface area contributed by atoms with Gasteiger partial charge in [0.2, 0.25) is 0 Å². The summed E-state index contributed by atoms with van der Waals surface area (Å²) in [4.78, 5) is 2.60. The van der Waals surface area contributed by atoms with Gasteiger partial charge in [0.05, 0.1) is 6.61 Å². The summed E-state index contributed by atoms with van der Waals surface area (Å²) in [6, 6.07) is 8.68. The van der Waals surface area contributed by atoms with E-state index in [-0.39, 0.29) is 0 Å². The van der Waals surface area contributed by atoms with Crippen LogP contribution in [0.1, 0.15) is 45.6 Å². The largest absolute Gasteiger partial charge is 0.494 e. The lowest BCUT2D eigenvalue weighted by Crippen LogP contribution is -2.34. The molecule has 2 rings (SSSR count). The van der Waals surface area contributed by atoms with Crippen molar-refractivity contribution >= 4 is 0 Å². The van der Waals surface area contributed by atoms with Crippen molar-refractivity contribution in [1.82, 2.24) is 4.90 Å². The lowest BCUT2D eigenvalue weighted by Gasteiger charge is -2.30. The van der Waals surface area contributed by atoms with Crippen LogP contribution in [0.4, 0.5) is 0 Å². The van der Waals surface area contributed by atoms with Crippen molar-refractivity contribution in [2.45, 2.75) is 46.5 Å². The molecule has 0 spiro atoms. The number of likely N-dealkylation sites (tertiary alicyclic amines) is 1. The molecule has 0 saturated carbocycles. The molecule has 2 nitrogen and oxygen atoms in total. The fraction of sp³-hybridized carbons (Fsp3) is 0.684. The summed E-state index contributed by atoms with van der Waals surface area (Å²) < 4.78 is 5.77. The highest BCUT2D eigenvalue weighted by atomic mass is 16.5. The van der Waals surface area contributed by atoms with Crippen molar-refractivity contribution in [1.29, 1.82) is 0 Å². The van der Waals surface area contributed by atoms with Gasteiger partial charge in [0, 0.05) is 6.54 Å². The summed E-state index contributed by atoms with van der Waals surface area (Å²) in [6.45, 7) is 11.4. The first-order valence-electron chi connectivity index (χ1n) is 8.57. The molecule has 1 aromatic rings. The quantitative estimate of drug-likeness (QED) is 0.738. The van der Waals surface area contributed by atoms with E-state index in [2.05, 4.69) is 49.9 Å². The second kappa shape index (κ2) is 8.43. The number of benzene rings is 1. The topological polar surface area (TPSA) is 12.5 Å². The lowest BCUT2D eigenvalue weighted by atomic mass is 9.99. The molecule has 21 heavy (non-hydrogen) atoms. The van der Waals surface area contributed by atoms with Gasteiger partial charge in [-0.3, -0.25) is 0 Å². The molecule has 1 heterocycles. The molecule has 0 amide bonds. The van der Waals surface area contributed by atoms with E-state index in [4.69, 9.17) is 4.74 Å². The molecule has 118 valence electrons. The summed E-state index contributed by atoms with van der Waals surface area (Å²) in [5.41, 5.74) is 1.42. The van der Waals surface area contributed by atoms with Gasteiger partial charge in [-0.25, -0.2) is 0 Å². The summed E-state index contributed by atoms with van der Waals surface area (Å²) in [5, 5.41) is 0. The Morgan fingerprint density at radius 3 is 2.43 bits per heavy atom. The minimum absolute atomic E-state index is 0.705. The smallest absolute Gasteiger partial charge is 0.119 e. The van der Waals surface area contributed by atoms with Crippen molar-refractivity contribution in [3.8, 4) is 5.75 Å². The van der Waals surface area contributed by atoms with Crippen molar-refractivity contribution in [2.75, 3.05) is 26.2 Å². The zero-order valence-corrected chi connectivity index (χ0v) is 14.0. The molecule has 1 aliphatic rings. The summed E-state index contributed by atoms with van der Waals surface area (Å²) in [7, 11) is 0. The van der Waals surface area contributed by atoms with Gasteiger partial charge in [0.1, 0.15) is 5.75 Å². The fourth-order valence-corrected chi connectivity index (χ4v) is 2.74. The Hall–Kier alpha value is -1.02. The number of piperidine rings is 1. The number of hydrogen-bond donors (Lipinski definition) is 0. The van der Waals surface area contributed by atoms with Gasteiger partial charge in [-0.05, 0) is 68.3 Å². The fourth-order valence-electron chi connectivity index (χ4n) is 2.74. The number of hydrogen-bond acceptors (Lipinski definition) is 2. The predicted octanol–water partition coefficient (Wildman–Crippen LogP) is 4.39. The third-order valence-corrected chi connectivity index (χ3v) is 4.48. The Bertz CT molecular complexity index is 391. The molecule has 0 atom stereocenters. The van der Waals surface area contributed by atoms with Crippen LogP contribution in [-0.2, 0) is 6.42 Å². The third-order valence-electron chi connectivity index (χ3n) is 4.48. The first kappa shape index (κ1) is 16.4. The molecule has 1 aromatic carbocycles. The van der Waals surface area contributed by atoms with Gasteiger partial charge < -0.3 is 9.64 Å². The van der Waals surface area contributed by atoms with Gasteiger partial charge in [-0.15, -0.1) is 0 Å². The molecule has 0 aliphatic carbocycles. The standard InChI is InChI=1S/C19H31NO/c1-16(2)11-15-21-19-6-4-18(5-7-19)10-14-20-12-8-17(3)9-13-20/h4-7,16-17H,8-15H2,1-3H3. The second-order valence-corrected chi connectivity index (χ2v) is 6.95. The van der Waals surface area contributed by atoms with Crippen molar-refractivity contribution in [3.63, 3.8) is 0 Å². The van der Waals surface area contributed by atoms with Crippen molar-refractivity contribution < 1.29 is 4.74 Å². The van der Waals surface area contributed by atoms with E-state index in [0.29, 0.717) is 5.92 Å². The Kier molecular flexibility index (Phi) is 6.56. The molecule has 2 heteroatoms. The zero-order valence-electron chi connectivity index (χ0n) is 14.0. The first-order chi connectivity index (χ1) is 10.1. The zero-order chi connectivity index (χ0) is 15.1. The van der Waals surface area contributed by atoms with E-state index in [0.717, 1.165) is 31.1 Å². The number of rotatable bonds is 7. The van der Waals surface area contributed by atoms with Gasteiger partial charge >= 0.3 is 0 Å². The SMILES string of the molecule is CC(C)CCOc1ccc(CCN2CCC(C)CC2)cc1. The van der Waals surface area contributed by atoms with E-state index in [1.807, 2.05) is 0 Å². The number of nitrogens with zero attached hydrogens (tertiary/aromatic N) is 1. The Labute approximate surface area is 130 Å². The normalized spacial score (nSPS) is 17.3. The third kappa shape index (κ3) is 6.09. The molecule has 0 aromatic heterocycles. The van der Waals surface area contributed by atoms with E-state index in [9.17, 15) is 0 Å². The van der Waals surface area contributed by atoms with Crippen LogP contribution in [0.15, 0.2) is 24.3 Å². The Morgan fingerprint density at radius 1 is 1.14 bits per heavy atom. The minimum atomic E-state index is 0.705. The van der Waals surface area contributed by atoms with Crippen molar-refractivity contribution in [2.24, 2.45) is 11.8 Å². The summed E-state index contributed by atoms with van der Waals surface area (Å²) in [6.07, 6.45) is 5.00. The van der Waals surface area contributed by atoms with Gasteiger partial charge in [0.25, 0.3) is 0 Å². The number of ether oxygens (including phenoxy) is 1. The van der Waals surface area contributed by atoms with Gasteiger partial charge in [0.15, 0.2) is 0 Å². The van der Waals surface area contributed by atoms with E-state index >= 15 is 0 Å². The van der Waals surface area contributed by atoms with Gasteiger partial charge in [-0.2, -0.15) is 0 Å². The lowest BCUT2D eigenvalue weighted by molar-refractivity contribution is 0.194. The average molecular weight is 289 g/mol. The van der Waals surface area contributed by atoms with Gasteiger partial charge in [-0.1, -0.05) is 32.9 Å². The van der Waals surface area contributed by atoms with Crippen LogP contribution in [0.2, 0.25) is 0 Å². The molecule has 0 N–H and O–H groups in total. The molecular weight excluding hydrogens is 258 g/mol.